The number of amides is 1. The van der Waals surface area contributed by atoms with Crippen molar-refractivity contribution in [1.29, 1.82) is 0 Å². The zero-order valence-electron chi connectivity index (χ0n) is 15.7. The van der Waals surface area contributed by atoms with E-state index in [-0.39, 0.29) is 11.9 Å². The van der Waals surface area contributed by atoms with E-state index in [2.05, 4.69) is 5.10 Å². The number of benzene rings is 1. The van der Waals surface area contributed by atoms with E-state index >= 15 is 0 Å². The third-order valence-electron chi connectivity index (χ3n) is 5.36. The molecule has 26 heavy (non-hydrogen) atoms. The monoisotopic (exact) mass is 374 g/mol. The van der Waals surface area contributed by atoms with Crippen LogP contribution in [0.2, 0.25) is 5.02 Å². The molecule has 1 saturated heterocycles. The Morgan fingerprint density at radius 2 is 2.12 bits per heavy atom. The van der Waals surface area contributed by atoms with Crippen molar-refractivity contribution in [3.63, 3.8) is 0 Å². The Bertz CT molecular complexity index is 799. The van der Waals surface area contributed by atoms with Gasteiger partial charge >= 0.3 is 0 Å². The number of piperidine rings is 1. The number of halogens is 1. The first kappa shape index (κ1) is 18.9. The first-order chi connectivity index (χ1) is 12.4. The third-order valence-corrected chi connectivity index (χ3v) is 5.73. The summed E-state index contributed by atoms with van der Waals surface area (Å²) < 4.78 is 1.87. The minimum atomic E-state index is 0.0655. The van der Waals surface area contributed by atoms with Gasteiger partial charge in [0.25, 0.3) is 5.91 Å². The normalized spacial score (nSPS) is 18.8. The van der Waals surface area contributed by atoms with Gasteiger partial charge in [-0.15, -0.1) is 0 Å². The van der Waals surface area contributed by atoms with Crippen molar-refractivity contribution in [1.82, 2.24) is 14.7 Å². The zero-order valence-corrected chi connectivity index (χ0v) is 16.5. The number of nitrogens with zero attached hydrogens (tertiary/aromatic N) is 3. The van der Waals surface area contributed by atoms with Crippen molar-refractivity contribution < 1.29 is 4.79 Å². The molecular formula is C20H27ClN4O. The number of aryl methyl sites for hydroxylation is 1. The summed E-state index contributed by atoms with van der Waals surface area (Å²) in [7, 11) is 0. The van der Waals surface area contributed by atoms with Gasteiger partial charge in [-0.05, 0) is 51.2 Å². The van der Waals surface area contributed by atoms with Crippen LogP contribution in [0.4, 0.5) is 0 Å². The highest BCUT2D eigenvalue weighted by Crippen LogP contribution is 2.24. The molecule has 140 valence electrons. The van der Waals surface area contributed by atoms with Gasteiger partial charge in [0.1, 0.15) is 0 Å². The lowest BCUT2D eigenvalue weighted by atomic mass is 9.91. The van der Waals surface area contributed by atoms with Crippen LogP contribution in [0, 0.1) is 19.8 Å². The maximum Gasteiger partial charge on any atom is 0.257 e. The molecular weight excluding hydrogens is 348 g/mol. The summed E-state index contributed by atoms with van der Waals surface area (Å²) in [6, 6.07) is 7.83. The molecule has 0 bridgehead atoms. The zero-order chi connectivity index (χ0) is 18.8. The maximum absolute atomic E-state index is 13.1. The highest BCUT2D eigenvalue weighted by atomic mass is 35.5. The fourth-order valence-electron chi connectivity index (χ4n) is 3.73. The van der Waals surface area contributed by atoms with E-state index < -0.39 is 0 Å². The number of rotatable bonds is 4. The number of hydrogen-bond donors (Lipinski definition) is 1. The van der Waals surface area contributed by atoms with Crippen LogP contribution in [0.5, 0.6) is 0 Å². The molecule has 0 radical (unpaired) electrons. The molecule has 2 heterocycles. The van der Waals surface area contributed by atoms with E-state index in [1.54, 1.807) is 0 Å². The molecule has 6 heteroatoms. The number of nitrogens with two attached hydrogens (primary N) is 1. The minimum Gasteiger partial charge on any atom is -0.338 e. The third kappa shape index (κ3) is 3.79. The summed E-state index contributed by atoms with van der Waals surface area (Å²) in [4.78, 5) is 15.1. The highest BCUT2D eigenvalue weighted by Gasteiger charge is 2.29. The Morgan fingerprint density at radius 3 is 2.81 bits per heavy atom. The average molecular weight is 375 g/mol. The van der Waals surface area contributed by atoms with Gasteiger partial charge in [-0.3, -0.25) is 9.48 Å². The highest BCUT2D eigenvalue weighted by molar-refractivity contribution is 6.31. The molecule has 1 amide bonds. The van der Waals surface area contributed by atoms with Gasteiger partial charge in [-0.1, -0.05) is 29.8 Å². The molecule has 1 aliphatic rings. The predicted octanol–water partition coefficient (Wildman–Crippen LogP) is 3.40. The van der Waals surface area contributed by atoms with Gasteiger partial charge in [-0.2, -0.15) is 5.10 Å². The molecule has 1 aliphatic heterocycles. The van der Waals surface area contributed by atoms with Crippen LogP contribution in [0.25, 0.3) is 0 Å². The standard InChI is InChI=1S/C20H27ClN4O/c1-13(22)16-8-6-10-24(11-16)20(26)19-14(2)23-25(15(19)3)12-17-7-4-5-9-18(17)21/h4-5,7,9,13,16H,6,8,10-12,22H2,1-3H3/t13-,16+/m1/s1. The van der Waals surface area contributed by atoms with Gasteiger partial charge in [0.05, 0.1) is 17.8 Å². The maximum atomic E-state index is 13.1. The Kier molecular flexibility index (Phi) is 5.68. The number of carbonyl (C=O) groups excluding carboxylic acids is 1. The predicted molar refractivity (Wildman–Crippen MR) is 105 cm³/mol. The molecule has 1 aromatic carbocycles. The van der Waals surface area contributed by atoms with Crippen LogP contribution in [0.15, 0.2) is 24.3 Å². The fourth-order valence-corrected chi connectivity index (χ4v) is 3.93. The number of aromatic nitrogens is 2. The van der Waals surface area contributed by atoms with Crippen LogP contribution >= 0.6 is 11.6 Å². The summed E-state index contributed by atoms with van der Waals surface area (Å²) in [5.74, 6) is 0.433. The van der Waals surface area contributed by atoms with E-state index in [1.807, 2.05) is 54.6 Å². The van der Waals surface area contributed by atoms with Gasteiger partial charge in [0.2, 0.25) is 0 Å². The summed E-state index contributed by atoms with van der Waals surface area (Å²) >= 11 is 6.27. The van der Waals surface area contributed by atoms with E-state index in [1.165, 1.54) is 0 Å². The van der Waals surface area contributed by atoms with Crippen molar-refractivity contribution in [2.75, 3.05) is 13.1 Å². The summed E-state index contributed by atoms with van der Waals surface area (Å²) in [6.45, 7) is 7.95. The van der Waals surface area contributed by atoms with Crippen molar-refractivity contribution in [2.24, 2.45) is 11.7 Å². The molecule has 0 spiro atoms. The molecule has 2 atom stereocenters. The van der Waals surface area contributed by atoms with Crippen LogP contribution in [0.3, 0.4) is 0 Å². The second-order valence-electron chi connectivity index (χ2n) is 7.31. The van der Waals surface area contributed by atoms with Crippen molar-refractivity contribution in [2.45, 2.75) is 46.2 Å². The number of likely N-dealkylation sites (tertiary alicyclic amines) is 1. The molecule has 1 aromatic heterocycles. The van der Waals surface area contributed by atoms with Crippen molar-refractivity contribution >= 4 is 17.5 Å². The van der Waals surface area contributed by atoms with Crippen LogP contribution in [0.1, 0.15) is 47.1 Å². The molecule has 0 saturated carbocycles. The molecule has 2 aromatic rings. The second kappa shape index (κ2) is 7.80. The molecule has 0 unspecified atom stereocenters. The van der Waals surface area contributed by atoms with E-state index in [4.69, 9.17) is 17.3 Å². The summed E-state index contributed by atoms with van der Waals surface area (Å²) in [5, 5.41) is 5.31. The van der Waals surface area contributed by atoms with Crippen LogP contribution in [-0.4, -0.2) is 39.7 Å². The summed E-state index contributed by atoms with van der Waals surface area (Å²) in [6.07, 6.45) is 2.09. The molecule has 0 aliphatic carbocycles. The lowest BCUT2D eigenvalue weighted by Gasteiger charge is -2.34. The van der Waals surface area contributed by atoms with Gasteiger partial charge in [0, 0.05) is 29.8 Å². The van der Waals surface area contributed by atoms with Crippen molar-refractivity contribution in [3.05, 3.63) is 51.8 Å². The Labute approximate surface area is 160 Å². The Hall–Kier alpha value is -1.85. The topological polar surface area (TPSA) is 64.2 Å². The lowest BCUT2D eigenvalue weighted by molar-refractivity contribution is 0.0659. The first-order valence-electron chi connectivity index (χ1n) is 9.20. The average Bonchev–Trinajstić information content (AvgIpc) is 2.90. The lowest BCUT2D eigenvalue weighted by Crippen LogP contribution is -2.45. The van der Waals surface area contributed by atoms with Crippen molar-refractivity contribution in [3.8, 4) is 0 Å². The molecule has 5 nitrogen and oxygen atoms in total. The smallest absolute Gasteiger partial charge is 0.257 e. The fraction of sp³-hybridized carbons (Fsp3) is 0.500. The minimum absolute atomic E-state index is 0.0655. The number of hydrogen-bond acceptors (Lipinski definition) is 3. The quantitative estimate of drug-likeness (QED) is 0.891. The van der Waals surface area contributed by atoms with E-state index in [0.29, 0.717) is 23.0 Å². The van der Waals surface area contributed by atoms with E-state index in [9.17, 15) is 4.79 Å². The Morgan fingerprint density at radius 1 is 1.38 bits per heavy atom. The van der Waals surface area contributed by atoms with Crippen LogP contribution < -0.4 is 5.73 Å². The number of carbonyl (C=O) groups is 1. The van der Waals surface area contributed by atoms with Gasteiger partial charge < -0.3 is 10.6 Å². The Balaban J connectivity index is 1.83. The van der Waals surface area contributed by atoms with E-state index in [0.717, 1.165) is 42.9 Å². The molecule has 3 rings (SSSR count). The summed E-state index contributed by atoms with van der Waals surface area (Å²) in [5.41, 5.74) is 9.42. The second-order valence-corrected chi connectivity index (χ2v) is 7.71. The SMILES string of the molecule is Cc1nn(Cc2ccccc2Cl)c(C)c1C(=O)N1CCC[C@H]([C@@H](C)N)C1. The van der Waals surface area contributed by atoms with Crippen LogP contribution in [-0.2, 0) is 6.54 Å². The molecule has 1 fully saturated rings. The van der Waals surface area contributed by atoms with Gasteiger partial charge in [0.15, 0.2) is 0 Å². The van der Waals surface area contributed by atoms with Gasteiger partial charge in [-0.25, -0.2) is 0 Å². The first-order valence-corrected chi connectivity index (χ1v) is 9.58. The largest absolute Gasteiger partial charge is 0.338 e. The molecule has 2 N–H and O–H groups in total.